The normalized spacial score (nSPS) is 15.2. The van der Waals surface area contributed by atoms with Crippen LogP contribution in [0, 0.1) is 6.92 Å². The number of nitrogens with zero attached hydrogens (tertiary/aromatic N) is 1. The average molecular weight is 464 g/mol. The molecule has 0 aliphatic rings. The van der Waals surface area contributed by atoms with E-state index in [9.17, 15) is 39.2 Å². The van der Waals surface area contributed by atoms with Gasteiger partial charge in [0.05, 0.1) is 10.6 Å². The van der Waals surface area contributed by atoms with Crippen LogP contribution in [0.3, 0.4) is 0 Å². The Morgan fingerprint density at radius 1 is 1.07 bits per heavy atom. The van der Waals surface area contributed by atoms with Crippen LogP contribution in [0.1, 0.15) is 25.8 Å². The van der Waals surface area contributed by atoms with Gasteiger partial charge >= 0.3 is 0 Å². The highest BCUT2D eigenvalue weighted by Crippen LogP contribution is 2.33. The molecule has 0 heterocycles. The van der Waals surface area contributed by atoms with Gasteiger partial charge < -0.3 is 0 Å². The molecule has 0 saturated carbocycles. The molecule has 0 aliphatic carbocycles. The summed E-state index contributed by atoms with van der Waals surface area (Å²) in [6.07, 6.45) is -0.149. The van der Waals surface area contributed by atoms with E-state index in [1.807, 2.05) is 0 Å². The highest BCUT2D eigenvalue weighted by Gasteiger charge is 2.37. The van der Waals surface area contributed by atoms with Crippen molar-refractivity contribution in [1.29, 1.82) is 0 Å². The van der Waals surface area contributed by atoms with Crippen molar-refractivity contribution in [1.82, 2.24) is 0 Å². The molecule has 1 amide bonds. The van der Waals surface area contributed by atoms with Crippen molar-refractivity contribution in [3.63, 3.8) is 0 Å². The highest BCUT2D eigenvalue weighted by molar-refractivity contribution is 7.94. The van der Waals surface area contributed by atoms with Gasteiger partial charge in [0.15, 0.2) is 9.84 Å². The maximum Gasteiger partial charge on any atom is 0.296 e. The summed E-state index contributed by atoms with van der Waals surface area (Å²) in [5, 5.41) is -1.58. The first-order chi connectivity index (χ1) is 12.1. The predicted molar refractivity (Wildman–Crippen MR) is 97.7 cm³/mol. The number of benzene rings is 1. The van der Waals surface area contributed by atoms with Gasteiger partial charge in [0.2, 0.25) is 6.41 Å². The third kappa shape index (κ3) is 4.97. The molecule has 2 atom stereocenters. The fourth-order valence-corrected chi connectivity index (χ4v) is 5.66. The Bertz CT molecular complexity index is 1050. The Kier molecular flexibility index (Phi) is 7.06. The number of hydrogen-bond acceptors (Lipinski definition) is 7. The average Bonchev–Trinajstić information content (AvgIpc) is 2.49. The number of carbonyl (C=O) groups is 1. The molecule has 1 rings (SSSR count). The van der Waals surface area contributed by atoms with Crippen LogP contribution in [0.15, 0.2) is 21.9 Å². The van der Waals surface area contributed by atoms with Gasteiger partial charge in [-0.1, -0.05) is 6.92 Å². The summed E-state index contributed by atoms with van der Waals surface area (Å²) in [5.41, 5.74) is -0.761. The molecule has 27 heavy (non-hydrogen) atoms. The maximum absolute atomic E-state index is 12.4. The molecular formula is C13H18ClNO9S3. The lowest BCUT2D eigenvalue weighted by Gasteiger charge is -2.29. The molecule has 154 valence electrons. The Morgan fingerprint density at radius 2 is 1.56 bits per heavy atom. The van der Waals surface area contributed by atoms with E-state index >= 15 is 0 Å². The van der Waals surface area contributed by atoms with Gasteiger partial charge in [-0.2, -0.15) is 16.8 Å². The van der Waals surface area contributed by atoms with Gasteiger partial charge in [-0.3, -0.25) is 18.8 Å². The molecule has 0 saturated heterocycles. The van der Waals surface area contributed by atoms with E-state index in [1.54, 1.807) is 0 Å². The number of halogens is 1. The van der Waals surface area contributed by atoms with Gasteiger partial charge in [-0.15, -0.1) is 11.6 Å². The van der Waals surface area contributed by atoms with E-state index in [0.717, 1.165) is 13.0 Å². The van der Waals surface area contributed by atoms with Crippen LogP contribution in [0.2, 0.25) is 0 Å². The number of alkyl halides is 1. The van der Waals surface area contributed by atoms with Crippen LogP contribution in [-0.4, -0.2) is 50.9 Å². The zero-order chi connectivity index (χ0) is 21.4. The van der Waals surface area contributed by atoms with E-state index in [0.29, 0.717) is 11.0 Å². The number of aryl methyl sites for hydroxylation is 1. The molecule has 2 unspecified atom stereocenters. The van der Waals surface area contributed by atoms with Crippen LogP contribution in [-0.2, 0) is 34.9 Å². The first-order valence-electron chi connectivity index (χ1n) is 7.29. The summed E-state index contributed by atoms with van der Waals surface area (Å²) < 4.78 is 88.3. The lowest BCUT2D eigenvalue weighted by Crippen LogP contribution is -2.43. The number of carbonyl (C=O) groups excluding carboxylic acids is 1. The fourth-order valence-electron chi connectivity index (χ4n) is 2.42. The molecule has 0 bridgehead atoms. The summed E-state index contributed by atoms with van der Waals surface area (Å²) in [4.78, 5) is 10.3. The summed E-state index contributed by atoms with van der Waals surface area (Å²) >= 11 is 5.67. The Balaban J connectivity index is 3.92. The topological polar surface area (TPSA) is 163 Å². The number of anilines is 1. The molecule has 10 nitrogen and oxygen atoms in total. The second-order valence-corrected chi connectivity index (χ2v) is 11.7. The van der Waals surface area contributed by atoms with E-state index in [-0.39, 0.29) is 18.4 Å². The smallest absolute Gasteiger partial charge is 0.296 e. The van der Waals surface area contributed by atoms with Gasteiger partial charge in [-0.25, -0.2) is 8.42 Å². The van der Waals surface area contributed by atoms with Crippen molar-refractivity contribution >= 4 is 53.8 Å². The van der Waals surface area contributed by atoms with Crippen LogP contribution < -0.4 is 4.90 Å². The monoisotopic (exact) mass is 463 g/mol. The fraction of sp³-hybridized carbons (Fsp3) is 0.462. The van der Waals surface area contributed by atoms with Crippen molar-refractivity contribution in [2.75, 3.05) is 4.90 Å². The summed E-state index contributed by atoms with van der Waals surface area (Å²) in [5.74, 6) is 0. The first kappa shape index (κ1) is 23.8. The minimum atomic E-state index is -5.10. The highest BCUT2D eigenvalue weighted by atomic mass is 35.5. The summed E-state index contributed by atoms with van der Waals surface area (Å²) in [6, 6.07) is 1.30. The maximum atomic E-state index is 12.4. The largest absolute Gasteiger partial charge is 0.296 e. The number of hydrogen-bond donors (Lipinski definition) is 2. The Hall–Kier alpha value is -1.25. The van der Waals surface area contributed by atoms with Crippen molar-refractivity contribution in [2.24, 2.45) is 0 Å². The molecule has 14 heteroatoms. The van der Waals surface area contributed by atoms with Crippen molar-refractivity contribution < 1.29 is 39.2 Å². The predicted octanol–water partition coefficient (Wildman–Crippen LogP) is 1.19. The second kappa shape index (κ2) is 8.01. The third-order valence-corrected chi connectivity index (χ3v) is 8.54. The SMILES string of the molecule is CCC(N(C=O)c1cc(C)c(S(=O)(=O)O)cc1S(=O)(=O)O)S(=O)(=O)C(C)Cl. The minimum Gasteiger partial charge on any atom is -0.296 e. The summed E-state index contributed by atoms with van der Waals surface area (Å²) in [6.45, 7) is 3.74. The van der Waals surface area contributed by atoms with E-state index in [4.69, 9.17) is 11.6 Å². The van der Waals surface area contributed by atoms with Gasteiger partial charge in [0, 0.05) is 0 Å². The molecule has 0 aliphatic heterocycles. The molecule has 0 spiro atoms. The van der Waals surface area contributed by atoms with Crippen molar-refractivity contribution in [3.05, 3.63) is 17.7 Å². The van der Waals surface area contributed by atoms with E-state index < -0.39 is 55.6 Å². The second-order valence-electron chi connectivity index (χ2n) is 5.54. The zero-order valence-corrected chi connectivity index (χ0v) is 17.6. The molecule has 0 aromatic heterocycles. The van der Waals surface area contributed by atoms with Crippen LogP contribution >= 0.6 is 11.6 Å². The van der Waals surface area contributed by atoms with Crippen LogP contribution in [0.5, 0.6) is 0 Å². The van der Waals surface area contributed by atoms with Gasteiger partial charge in [0.25, 0.3) is 20.2 Å². The quantitative estimate of drug-likeness (QED) is 0.327. The number of amides is 1. The van der Waals surface area contributed by atoms with Crippen LogP contribution in [0.4, 0.5) is 5.69 Å². The zero-order valence-electron chi connectivity index (χ0n) is 14.4. The Labute approximate surface area is 162 Å². The Morgan fingerprint density at radius 3 is 1.89 bits per heavy atom. The lowest BCUT2D eigenvalue weighted by molar-refractivity contribution is -0.107. The number of sulfone groups is 1. The third-order valence-electron chi connectivity index (χ3n) is 3.70. The van der Waals surface area contributed by atoms with Crippen LogP contribution in [0.25, 0.3) is 0 Å². The van der Waals surface area contributed by atoms with E-state index in [2.05, 4.69) is 0 Å². The van der Waals surface area contributed by atoms with Gasteiger partial charge in [-0.05, 0) is 38.0 Å². The molecule has 1 aromatic carbocycles. The number of rotatable bonds is 8. The first-order valence-corrected chi connectivity index (χ1v) is 12.2. The molecule has 1 aromatic rings. The minimum absolute atomic E-state index is 0.0293. The van der Waals surface area contributed by atoms with Crippen molar-refractivity contribution in [2.45, 2.75) is 47.1 Å². The molecule has 0 radical (unpaired) electrons. The standard InChI is InChI=1S/C13H18ClNO9S3/c1-4-13(25(17,18)9(3)14)15(7-16)10-5-8(2)11(26(19,20)21)6-12(10)27(22,23)24/h5-7,9,13H,4H2,1-3H3,(H,19,20,21)(H,22,23,24). The van der Waals surface area contributed by atoms with Gasteiger partial charge in [0.1, 0.15) is 15.0 Å². The lowest BCUT2D eigenvalue weighted by atomic mass is 10.2. The molecular weight excluding hydrogens is 446 g/mol. The van der Waals surface area contributed by atoms with Crippen molar-refractivity contribution in [3.8, 4) is 0 Å². The summed E-state index contributed by atoms with van der Waals surface area (Å²) in [7, 11) is -14.1. The molecule has 2 N–H and O–H groups in total. The molecule has 0 fully saturated rings. The van der Waals surface area contributed by atoms with E-state index in [1.165, 1.54) is 13.8 Å².